The Kier molecular flexibility index (Phi) is 4.09. The Morgan fingerprint density at radius 2 is 1.82 bits per heavy atom. The molecule has 0 saturated heterocycles. The fourth-order valence-electron chi connectivity index (χ4n) is 2.53. The summed E-state index contributed by atoms with van der Waals surface area (Å²) in [5, 5.41) is 10.2. The number of likely N-dealkylation sites (N-methyl/N-ethyl adjacent to an activating group) is 1. The van der Waals surface area contributed by atoms with Crippen LogP contribution in [0.4, 0.5) is 5.69 Å². The second kappa shape index (κ2) is 6.02. The van der Waals surface area contributed by atoms with Crippen molar-refractivity contribution in [1.29, 1.82) is 0 Å². The zero-order valence-corrected chi connectivity index (χ0v) is 13.2. The Bertz CT molecular complexity index is 687. The number of methoxy groups -OCH3 is 1. The number of carbonyl (C=O) groups excluding carboxylic acids is 1. The van der Waals surface area contributed by atoms with Gasteiger partial charge in [0.25, 0.3) is 5.91 Å². The molecule has 2 aromatic rings. The van der Waals surface area contributed by atoms with Gasteiger partial charge in [-0.2, -0.15) is 0 Å². The van der Waals surface area contributed by atoms with Crippen LogP contribution in [0.25, 0.3) is 0 Å². The van der Waals surface area contributed by atoms with Gasteiger partial charge in [-0.1, -0.05) is 24.3 Å². The number of anilines is 1. The first kappa shape index (κ1) is 14.9. The average Bonchev–Trinajstić information content (AvgIpc) is 2.66. The first-order chi connectivity index (χ1) is 10.6. The van der Waals surface area contributed by atoms with Crippen molar-refractivity contribution in [3.63, 3.8) is 0 Å². The normalized spacial score (nSPS) is 21.2. The molecule has 1 aliphatic rings. The summed E-state index contributed by atoms with van der Waals surface area (Å²) >= 11 is 1.51. The number of hydrogen-bond acceptors (Lipinski definition) is 4. The van der Waals surface area contributed by atoms with Crippen LogP contribution >= 0.6 is 11.8 Å². The highest BCUT2D eigenvalue weighted by Crippen LogP contribution is 2.45. The smallest absolute Gasteiger partial charge is 0.257 e. The predicted molar refractivity (Wildman–Crippen MR) is 87.5 cm³/mol. The second-order valence-electron chi connectivity index (χ2n) is 5.12. The number of rotatable bonds is 2. The summed E-state index contributed by atoms with van der Waals surface area (Å²) in [6, 6.07) is 15.2. The Labute approximate surface area is 133 Å². The minimum atomic E-state index is -1.09. The lowest BCUT2D eigenvalue weighted by Gasteiger charge is -2.21. The van der Waals surface area contributed by atoms with Crippen molar-refractivity contribution in [3.05, 3.63) is 54.1 Å². The van der Waals surface area contributed by atoms with Gasteiger partial charge in [0.15, 0.2) is 0 Å². The van der Waals surface area contributed by atoms with Crippen LogP contribution < -0.4 is 9.64 Å². The zero-order chi connectivity index (χ0) is 15.7. The summed E-state index contributed by atoms with van der Waals surface area (Å²) in [6.07, 6.45) is -1.09. The molecule has 2 atom stereocenters. The number of aliphatic hydroxyl groups excluding tert-OH is 1. The highest BCUT2D eigenvalue weighted by Gasteiger charge is 2.35. The molecule has 1 amide bonds. The third-order valence-electron chi connectivity index (χ3n) is 3.80. The van der Waals surface area contributed by atoms with Gasteiger partial charge in [-0.05, 0) is 29.8 Å². The quantitative estimate of drug-likeness (QED) is 0.926. The summed E-state index contributed by atoms with van der Waals surface area (Å²) in [5.74, 6) is 0.457. The second-order valence-corrected chi connectivity index (χ2v) is 6.30. The summed E-state index contributed by atoms with van der Waals surface area (Å²) in [4.78, 5) is 15.0. The van der Waals surface area contributed by atoms with Gasteiger partial charge in [-0.25, -0.2) is 0 Å². The van der Waals surface area contributed by atoms with Crippen LogP contribution in [0.2, 0.25) is 0 Å². The number of fused-ring (bicyclic) bond motifs is 1. The SMILES string of the molecule is COc1ccc([C@@H]2Sc3ccccc3N(C)C(=O)[C@@H]2O)cc1. The minimum Gasteiger partial charge on any atom is -0.497 e. The van der Waals surface area contributed by atoms with Gasteiger partial charge in [-0.3, -0.25) is 4.79 Å². The summed E-state index contributed by atoms with van der Waals surface area (Å²) in [7, 11) is 3.31. The number of benzene rings is 2. The molecule has 0 spiro atoms. The molecule has 2 aromatic carbocycles. The molecule has 5 heteroatoms. The highest BCUT2D eigenvalue weighted by molar-refractivity contribution is 7.99. The van der Waals surface area contributed by atoms with Crippen molar-refractivity contribution in [3.8, 4) is 5.75 Å². The van der Waals surface area contributed by atoms with Crippen LogP contribution in [0.1, 0.15) is 10.8 Å². The van der Waals surface area contributed by atoms with Crippen LogP contribution in [-0.4, -0.2) is 31.3 Å². The fourth-order valence-corrected chi connectivity index (χ4v) is 3.82. The molecule has 0 radical (unpaired) electrons. The van der Waals surface area contributed by atoms with Crippen molar-refractivity contribution in [2.45, 2.75) is 16.2 Å². The van der Waals surface area contributed by atoms with Crippen LogP contribution in [0, 0.1) is 0 Å². The fraction of sp³-hybridized carbons (Fsp3) is 0.235. The lowest BCUT2D eigenvalue weighted by Crippen LogP contribution is -2.37. The third kappa shape index (κ3) is 2.58. The molecule has 4 nitrogen and oxygen atoms in total. The molecular formula is C17H17NO3S. The number of ether oxygens (including phenoxy) is 1. The van der Waals surface area contributed by atoms with Gasteiger partial charge in [0.1, 0.15) is 11.9 Å². The molecule has 114 valence electrons. The number of para-hydroxylation sites is 1. The molecule has 0 aliphatic carbocycles. The minimum absolute atomic E-state index is 0.293. The predicted octanol–water partition coefficient (Wildman–Crippen LogP) is 2.87. The number of carbonyl (C=O) groups is 1. The Morgan fingerprint density at radius 3 is 2.50 bits per heavy atom. The van der Waals surface area contributed by atoms with Crippen molar-refractivity contribution in [1.82, 2.24) is 0 Å². The van der Waals surface area contributed by atoms with E-state index >= 15 is 0 Å². The van der Waals surface area contributed by atoms with Crippen LogP contribution in [0.3, 0.4) is 0 Å². The molecule has 1 heterocycles. The Hall–Kier alpha value is -1.98. The molecule has 0 fully saturated rings. The van der Waals surface area contributed by atoms with Crippen molar-refractivity contribution < 1.29 is 14.6 Å². The number of amides is 1. The molecule has 1 aliphatic heterocycles. The highest BCUT2D eigenvalue weighted by atomic mass is 32.2. The van der Waals surface area contributed by atoms with E-state index in [4.69, 9.17) is 4.74 Å². The van der Waals surface area contributed by atoms with E-state index in [9.17, 15) is 9.90 Å². The van der Waals surface area contributed by atoms with Gasteiger partial charge in [0.05, 0.1) is 18.0 Å². The largest absolute Gasteiger partial charge is 0.497 e. The molecule has 3 rings (SSSR count). The summed E-state index contributed by atoms with van der Waals surface area (Å²) < 4.78 is 5.16. The molecule has 22 heavy (non-hydrogen) atoms. The maximum absolute atomic E-state index is 12.5. The maximum Gasteiger partial charge on any atom is 0.257 e. The molecule has 0 unspecified atom stereocenters. The van der Waals surface area contributed by atoms with E-state index in [1.807, 2.05) is 48.5 Å². The number of hydrogen-bond donors (Lipinski definition) is 1. The molecule has 1 N–H and O–H groups in total. The van der Waals surface area contributed by atoms with E-state index in [1.165, 1.54) is 16.7 Å². The summed E-state index contributed by atoms with van der Waals surface area (Å²) in [5.41, 5.74) is 1.73. The molecule has 0 aromatic heterocycles. The topological polar surface area (TPSA) is 49.8 Å². The van der Waals surface area contributed by atoms with Crippen molar-refractivity contribution in [2.24, 2.45) is 0 Å². The van der Waals surface area contributed by atoms with Gasteiger partial charge >= 0.3 is 0 Å². The average molecular weight is 315 g/mol. The first-order valence-electron chi connectivity index (χ1n) is 6.97. The van der Waals surface area contributed by atoms with E-state index in [0.717, 1.165) is 21.9 Å². The first-order valence-corrected chi connectivity index (χ1v) is 7.85. The summed E-state index contributed by atoms with van der Waals surface area (Å²) in [6.45, 7) is 0. The lowest BCUT2D eigenvalue weighted by atomic mass is 10.1. The van der Waals surface area contributed by atoms with Gasteiger partial charge in [-0.15, -0.1) is 11.8 Å². The standard InChI is InChI=1S/C17H17NO3S/c1-18-13-5-3-4-6-14(13)22-16(15(19)17(18)20)11-7-9-12(21-2)10-8-11/h3-10,15-16,19H,1-2H3/t15-,16+/m1/s1. The van der Waals surface area contributed by atoms with E-state index < -0.39 is 6.10 Å². The van der Waals surface area contributed by atoms with Crippen molar-refractivity contribution in [2.75, 3.05) is 19.1 Å². The number of nitrogens with zero attached hydrogens (tertiary/aromatic N) is 1. The van der Waals surface area contributed by atoms with Crippen LogP contribution in [0.5, 0.6) is 5.75 Å². The zero-order valence-electron chi connectivity index (χ0n) is 12.4. The number of thioether (sulfide) groups is 1. The van der Waals surface area contributed by atoms with Crippen LogP contribution in [0.15, 0.2) is 53.4 Å². The van der Waals surface area contributed by atoms with Gasteiger partial charge in [0, 0.05) is 11.9 Å². The Morgan fingerprint density at radius 1 is 1.14 bits per heavy atom. The van der Waals surface area contributed by atoms with E-state index in [1.54, 1.807) is 14.2 Å². The number of aliphatic hydroxyl groups is 1. The van der Waals surface area contributed by atoms with E-state index in [-0.39, 0.29) is 11.2 Å². The van der Waals surface area contributed by atoms with Gasteiger partial charge < -0.3 is 14.7 Å². The molecule has 0 bridgehead atoms. The van der Waals surface area contributed by atoms with Crippen molar-refractivity contribution >= 4 is 23.4 Å². The molecule has 0 saturated carbocycles. The van der Waals surface area contributed by atoms with Crippen LogP contribution in [-0.2, 0) is 4.79 Å². The van der Waals surface area contributed by atoms with E-state index in [0.29, 0.717) is 0 Å². The lowest BCUT2D eigenvalue weighted by molar-refractivity contribution is -0.126. The maximum atomic E-state index is 12.5. The van der Waals surface area contributed by atoms with E-state index in [2.05, 4.69) is 0 Å². The van der Waals surface area contributed by atoms with Gasteiger partial charge in [0.2, 0.25) is 0 Å². The molecular weight excluding hydrogens is 298 g/mol. The monoisotopic (exact) mass is 315 g/mol. The third-order valence-corrected chi connectivity index (χ3v) is 5.18. The Balaban J connectivity index is 2.02.